The zero-order chi connectivity index (χ0) is 36.0. The number of rotatable bonds is 19. The molecule has 4 unspecified atom stereocenters. The van der Waals surface area contributed by atoms with Crippen molar-refractivity contribution in [1.82, 2.24) is 10.6 Å². The second-order valence-electron chi connectivity index (χ2n) is 13.9. The number of aliphatic hydroxyl groups excluding tert-OH is 1. The van der Waals surface area contributed by atoms with Crippen molar-refractivity contribution in [3.63, 3.8) is 0 Å². The first-order valence-electron chi connectivity index (χ1n) is 17.7. The van der Waals surface area contributed by atoms with Crippen LogP contribution >= 0.6 is 22.6 Å². The van der Waals surface area contributed by atoms with Crippen LogP contribution in [0.1, 0.15) is 122 Å². The molecule has 274 valence electrons. The molecule has 12 heteroatoms. The van der Waals surface area contributed by atoms with E-state index >= 15 is 0 Å². The quantitative estimate of drug-likeness (QED) is 0.0885. The Labute approximate surface area is 304 Å². The molecular weight excluding hydrogens is 743 g/mol. The van der Waals surface area contributed by atoms with Gasteiger partial charge in [-0.25, -0.2) is 4.79 Å². The van der Waals surface area contributed by atoms with E-state index < -0.39 is 47.7 Å². The van der Waals surface area contributed by atoms with Gasteiger partial charge in [0.15, 0.2) is 5.79 Å². The molecular formula is C37H55IN2O9. The second-order valence-corrected chi connectivity index (χ2v) is 15.2. The molecule has 1 fully saturated rings. The standard InChI is InChI=1S/C37H55IN2O9/c1-6-8-10-19-37(20-11-9-7-2)47-30-23-26(22-29(33(30)49-37)46-35(45)25-12-14-27(38)15-13-25)34(44)39-21-18-31(42)40-28(24-41)16-17-32(43)48-36(3,4)5/h12-15,23,28-30,33,41H,6-11,16-22,24H2,1-5H3,(H,39,44)(H,40,42). The third-order valence-corrected chi connectivity index (χ3v) is 9.19. The Morgan fingerprint density at radius 3 is 2.24 bits per heavy atom. The Bertz CT molecular complexity index is 1270. The molecule has 4 atom stereocenters. The van der Waals surface area contributed by atoms with Gasteiger partial charge in [0.05, 0.1) is 18.2 Å². The maximum atomic E-state index is 13.4. The molecule has 0 saturated carbocycles. The number of hydrogen-bond donors (Lipinski definition) is 3. The molecule has 0 aromatic heterocycles. The first-order chi connectivity index (χ1) is 23.3. The molecule has 3 rings (SSSR count). The van der Waals surface area contributed by atoms with Gasteiger partial charge in [-0.1, -0.05) is 39.5 Å². The predicted octanol–water partition coefficient (Wildman–Crippen LogP) is 5.89. The maximum Gasteiger partial charge on any atom is 0.338 e. The highest BCUT2D eigenvalue weighted by atomic mass is 127. The van der Waals surface area contributed by atoms with Gasteiger partial charge in [-0.05, 0) is 93.0 Å². The van der Waals surface area contributed by atoms with Gasteiger partial charge in [0, 0.05) is 47.8 Å². The number of amides is 2. The smallest absolute Gasteiger partial charge is 0.338 e. The number of carbonyl (C=O) groups excluding carboxylic acids is 4. The van der Waals surface area contributed by atoms with Crippen molar-refractivity contribution in [2.24, 2.45) is 0 Å². The largest absolute Gasteiger partial charge is 0.460 e. The summed E-state index contributed by atoms with van der Waals surface area (Å²) >= 11 is 2.17. The molecule has 1 saturated heterocycles. The zero-order valence-electron chi connectivity index (χ0n) is 29.7. The van der Waals surface area contributed by atoms with E-state index in [0.717, 1.165) is 42.1 Å². The lowest BCUT2D eigenvalue weighted by Gasteiger charge is -2.31. The number of benzene rings is 1. The summed E-state index contributed by atoms with van der Waals surface area (Å²) in [6, 6.07) is 6.47. The van der Waals surface area contributed by atoms with Crippen molar-refractivity contribution >= 4 is 46.3 Å². The second kappa shape index (κ2) is 19.7. The van der Waals surface area contributed by atoms with Gasteiger partial charge in [-0.3, -0.25) is 14.4 Å². The summed E-state index contributed by atoms with van der Waals surface area (Å²) in [6.07, 6.45) is 7.77. The first-order valence-corrected chi connectivity index (χ1v) is 18.8. The van der Waals surface area contributed by atoms with Crippen molar-refractivity contribution in [3.05, 3.63) is 45.0 Å². The Balaban J connectivity index is 1.67. The van der Waals surface area contributed by atoms with Crippen molar-refractivity contribution in [3.8, 4) is 0 Å². The van der Waals surface area contributed by atoms with E-state index in [1.165, 1.54) is 0 Å². The fraction of sp³-hybridized carbons (Fsp3) is 0.676. The Hall–Kier alpha value is -2.55. The molecule has 2 amide bonds. The van der Waals surface area contributed by atoms with Crippen LogP contribution in [0.25, 0.3) is 0 Å². The van der Waals surface area contributed by atoms with Crippen LogP contribution in [0, 0.1) is 3.57 Å². The van der Waals surface area contributed by atoms with Crippen molar-refractivity contribution in [2.75, 3.05) is 13.2 Å². The minimum Gasteiger partial charge on any atom is -0.460 e. The molecule has 2 aliphatic rings. The van der Waals surface area contributed by atoms with E-state index in [0.29, 0.717) is 24.0 Å². The van der Waals surface area contributed by atoms with Crippen LogP contribution in [0.2, 0.25) is 0 Å². The van der Waals surface area contributed by atoms with Crippen LogP contribution in [0.4, 0.5) is 0 Å². The molecule has 1 aromatic carbocycles. The average molecular weight is 799 g/mol. The van der Waals surface area contributed by atoms with Crippen molar-refractivity contribution in [2.45, 2.75) is 147 Å². The average Bonchev–Trinajstić information content (AvgIpc) is 3.41. The van der Waals surface area contributed by atoms with Gasteiger partial charge >= 0.3 is 11.9 Å². The summed E-state index contributed by atoms with van der Waals surface area (Å²) in [5.74, 6) is -2.49. The summed E-state index contributed by atoms with van der Waals surface area (Å²) in [7, 11) is 0. The van der Waals surface area contributed by atoms with E-state index in [-0.39, 0.29) is 50.6 Å². The molecule has 1 aromatic rings. The summed E-state index contributed by atoms with van der Waals surface area (Å²) in [5.41, 5.74) is 0.189. The van der Waals surface area contributed by atoms with Crippen LogP contribution in [-0.4, -0.2) is 77.8 Å². The summed E-state index contributed by atoms with van der Waals surface area (Å²) < 4.78 is 25.6. The highest BCUT2D eigenvalue weighted by Crippen LogP contribution is 2.43. The lowest BCUT2D eigenvalue weighted by Crippen LogP contribution is -2.44. The fourth-order valence-corrected chi connectivity index (χ4v) is 6.35. The molecule has 0 bridgehead atoms. The maximum absolute atomic E-state index is 13.4. The molecule has 0 spiro atoms. The molecule has 0 radical (unpaired) electrons. The minimum absolute atomic E-state index is 0.0309. The first kappa shape index (κ1) is 40.9. The molecule has 49 heavy (non-hydrogen) atoms. The zero-order valence-corrected chi connectivity index (χ0v) is 31.8. The molecule has 3 N–H and O–H groups in total. The van der Waals surface area contributed by atoms with E-state index in [4.69, 9.17) is 18.9 Å². The predicted molar refractivity (Wildman–Crippen MR) is 194 cm³/mol. The van der Waals surface area contributed by atoms with Gasteiger partial charge in [-0.2, -0.15) is 0 Å². The van der Waals surface area contributed by atoms with E-state index in [2.05, 4.69) is 47.1 Å². The van der Waals surface area contributed by atoms with Crippen LogP contribution < -0.4 is 10.6 Å². The van der Waals surface area contributed by atoms with Crippen molar-refractivity contribution < 1.29 is 43.2 Å². The van der Waals surface area contributed by atoms with E-state index in [1.807, 2.05) is 12.1 Å². The number of fused-ring (bicyclic) bond motifs is 1. The normalized spacial score (nSPS) is 20.5. The Morgan fingerprint density at radius 1 is 1.00 bits per heavy atom. The van der Waals surface area contributed by atoms with Crippen LogP contribution in [-0.2, 0) is 33.3 Å². The summed E-state index contributed by atoms with van der Waals surface area (Å²) in [5, 5.41) is 15.2. The lowest BCUT2D eigenvalue weighted by atomic mass is 9.91. The number of unbranched alkanes of at least 4 members (excludes halogenated alkanes) is 4. The molecule has 1 aliphatic heterocycles. The number of ether oxygens (including phenoxy) is 4. The topological polar surface area (TPSA) is 149 Å². The number of halogens is 1. The fourth-order valence-electron chi connectivity index (χ4n) is 5.99. The number of esters is 2. The summed E-state index contributed by atoms with van der Waals surface area (Å²) in [4.78, 5) is 51.3. The van der Waals surface area contributed by atoms with Crippen LogP contribution in [0.15, 0.2) is 35.9 Å². The van der Waals surface area contributed by atoms with Gasteiger partial charge in [0.1, 0.15) is 23.9 Å². The molecule has 1 heterocycles. The minimum atomic E-state index is -0.819. The van der Waals surface area contributed by atoms with Crippen LogP contribution in [0.3, 0.4) is 0 Å². The van der Waals surface area contributed by atoms with Gasteiger partial charge in [0.25, 0.3) is 0 Å². The van der Waals surface area contributed by atoms with Gasteiger partial charge in [-0.15, -0.1) is 0 Å². The highest BCUT2D eigenvalue weighted by molar-refractivity contribution is 14.1. The number of nitrogens with one attached hydrogen (secondary N) is 2. The lowest BCUT2D eigenvalue weighted by molar-refractivity contribution is -0.190. The number of carbonyl (C=O) groups is 4. The van der Waals surface area contributed by atoms with Gasteiger partial charge in [0.2, 0.25) is 11.8 Å². The van der Waals surface area contributed by atoms with Crippen LogP contribution in [0.5, 0.6) is 0 Å². The molecule has 11 nitrogen and oxygen atoms in total. The SMILES string of the molecule is CCCCCC1(CCCCC)OC2C=C(C(=O)NCCC(=O)NC(CO)CCC(=O)OC(C)(C)C)CC(OC(=O)c3ccc(I)cc3)C2O1. The Kier molecular flexibility index (Phi) is 16.5. The van der Waals surface area contributed by atoms with E-state index in [9.17, 15) is 24.3 Å². The highest BCUT2D eigenvalue weighted by Gasteiger charge is 2.52. The monoisotopic (exact) mass is 798 g/mol. The number of hydrogen-bond acceptors (Lipinski definition) is 9. The van der Waals surface area contributed by atoms with E-state index in [1.54, 1.807) is 39.0 Å². The van der Waals surface area contributed by atoms with Crippen molar-refractivity contribution in [1.29, 1.82) is 0 Å². The third kappa shape index (κ3) is 13.6. The third-order valence-electron chi connectivity index (χ3n) is 8.47. The molecule has 1 aliphatic carbocycles. The van der Waals surface area contributed by atoms with Gasteiger partial charge < -0.3 is 34.7 Å². The Morgan fingerprint density at radius 2 is 1.65 bits per heavy atom. The number of aliphatic hydroxyl groups is 1. The summed E-state index contributed by atoms with van der Waals surface area (Å²) in [6.45, 7) is 9.32.